The molecular weight excluding hydrogens is 242 g/mol. The van der Waals surface area contributed by atoms with Crippen LogP contribution >= 0.6 is 0 Å². The summed E-state index contributed by atoms with van der Waals surface area (Å²) >= 11 is 0. The molecular formula is C14H19N3O2. The first-order valence-electron chi connectivity index (χ1n) is 6.51. The summed E-state index contributed by atoms with van der Waals surface area (Å²) in [6, 6.07) is 1.98. The molecule has 0 aliphatic carbocycles. The molecule has 2 heterocycles. The number of rotatable bonds is 4. The van der Waals surface area contributed by atoms with Crippen LogP contribution in [-0.2, 0) is 17.6 Å². The number of carboxylic acids is 1. The van der Waals surface area contributed by atoms with Gasteiger partial charge in [-0.2, -0.15) is 5.10 Å². The molecule has 0 amide bonds. The normalized spacial score (nSPS) is 12.8. The summed E-state index contributed by atoms with van der Waals surface area (Å²) in [7, 11) is 0. The summed E-state index contributed by atoms with van der Waals surface area (Å²) in [4.78, 5) is 15.5. The molecule has 5 heteroatoms. The van der Waals surface area contributed by atoms with Gasteiger partial charge in [-0.25, -0.2) is 9.50 Å². The lowest BCUT2D eigenvalue weighted by Gasteiger charge is -2.13. The van der Waals surface area contributed by atoms with E-state index in [0.29, 0.717) is 6.42 Å². The minimum absolute atomic E-state index is 0.419. The van der Waals surface area contributed by atoms with Crippen LogP contribution in [0.4, 0.5) is 0 Å². The first kappa shape index (κ1) is 13.5. The molecule has 2 aromatic rings. The standard InChI is InChI=1S/C14H19N3O2/c1-5-11-7-13-15-9(3)12(6-8(2)14(18)19)10(4)17(13)16-11/h7-8H,5-6H2,1-4H3,(H,18,19). The van der Waals surface area contributed by atoms with Crippen molar-refractivity contribution in [2.24, 2.45) is 5.92 Å². The van der Waals surface area contributed by atoms with Crippen LogP contribution in [0.5, 0.6) is 0 Å². The predicted molar refractivity (Wildman–Crippen MR) is 72.3 cm³/mol. The Balaban J connectivity index is 2.52. The van der Waals surface area contributed by atoms with Crippen LogP contribution in [0.2, 0.25) is 0 Å². The first-order valence-corrected chi connectivity index (χ1v) is 6.51. The maximum Gasteiger partial charge on any atom is 0.306 e. The quantitative estimate of drug-likeness (QED) is 0.916. The summed E-state index contributed by atoms with van der Waals surface area (Å²) in [6.45, 7) is 7.66. The second-order valence-corrected chi connectivity index (χ2v) is 4.96. The maximum absolute atomic E-state index is 11.0. The fourth-order valence-corrected chi connectivity index (χ4v) is 2.24. The van der Waals surface area contributed by atoms with E-state index >= 15 is 0 Å². The predicted octanol–water partition coefficient (Wildman–Crippen LogP) is 2.17. The van der Waals surface area contributed by atoms with E-state index in [2.05, 4.69) is 17.0 Å². The van der Waals surface area contributed by atoms with Crippen molar-refractivity contribution in [2.45, 2.75) is 40.5 Å². The number of hydrogen-bond donors (Lipinski definition) is 1. The number of aryl methyl sites for hydroxylation is 3. The minimum Gasteiger partial charge on any atom is -0.481 e. The molecule has 0 saturated heterocycles. The summed E-state index contributed by atoms with van der Waals surface area (Å²) < 4.78 is 1.82. The van der Waals surface area contributed by atoms with Crippen molar-refractivity contribution < 1.29 is 9.90 Å². The third-order valence-electron chi connectivity index (χ3n) is 3.51. The summed E-state index contributed by atoms with van der Waals surface area (Å²) in [5.74, 6) is -1.20. The average molecular weight is 261 g/mol. The zero-order valence-corrected chi connectivity index (χ0v) is 11.8. The van der Waals surface area contributed by atoms with Crippen molar-refractivity contribution in [1.29, 1.82) is 0 Å². The van der Waals surface area contributed by atoms with Crippen LogP contribution in [0.15, 0.2) is 6.07 Å². The Bertz CT molecular complexity index is 631. The summed E-state index contributed by atoms with van der Waals surface area (Å²) in [6.07, 6.45) is 1.35. The molecule has 2 rings (SSSR count). The van der Waals surface area contributed by atoms with Crippen LogP contribution in [0.1, 0.15) is 36.5 Å². The van der Waals surface area contributed by atoms with Crippen molar-refractivity contribution in [3.8, 4) is 0 Å². The lowest BCUT2D eigenvalue weighted by Crippen LogP contribution is -2.16. The number of aromatic nitrogens is 3. The van der Waals surface area contributed by atoms with Crippen LogP contribution in [0, 0.1) is 19.8 Å². The van der Waals surface area contributed by atoms with Crippen molar-refractivity contribution >= 4 is 11.6 Å². The molecule has 0 aromatic carbocycles. The molecule has 19 heavy (non-hydrogen) atoms. The highest BCUT2D eigenvalue weighted by Crippen LogP contribution is 2.19. The Kier molecular flexibility index (Phi) is 3.55. The fourth-order valence-electron chi connectivity index (χ4n) is 2.24. The minimum atomic E-state index is -0.784. The molecule has 0 bridgehead atoms. The molecule has 1 unspecified atom stereocenters. The number of hydrogen-bond acceptors (Lipinski definition) is 3. The SMILES string of the molecule is CCc1cc2nc(C)c(CC(C)C(=O)O)c(C)n2n1. The Morgan fingerprint density at radius 1 is 1.47 bits per heavy atom. The van der Waals surface area contributed by atoms with Crippen LogP contribution in [0.25, 0.3) is 5.65 Å². The van der Waals surface area contributed by atoms with E-state index in [0.717, 1.165) is 34.7 Å². The molecule has 5 nitrogen and oxygen atoms in total. The third-order valence-corrected chi connectivity index (χ3v) is 3.51. The number of carboxylic acid groups (broad SMARTS) is 1. The van der Waals surface area contributed by atoms with Gasteiger partial charge in [-0.1, -0.05) is 13.8 Å². The smallest absolute Gasteiger partial charge is 0.306 e. The van der Waals surface area contributed by atoms with Gasteiger partial charge in [-0.05, 0) is 32.3 Å². The molecule has 0 spiro atoms. The Morgan fingerprint density at radius 3 is 2.74 bits per heavy atom. The van der Waals surface area contributed by atoms with Crippen LogP contribution < -0.4 is 0 Å². The molecule has 0 radical (unpaired) electrons. The second-order valence-electron chi connectivity index (χ2n) is 4.96. The molecule has 102 valence electrons. The van der Waals surface area contributed by atoms with Crippen molar-refractivity contribution in [1.82, 2.24) is 14.6 Å². The van der Waals surface area contributed by atoms with E-state index in [-0.39, 0.29) is 0 Å². The van der Waals surface area contributed by atoms with Crippen LogP contribution in [-0.4, -0.2) is 25.7 Å². The highest BCUT2D eigenvalue weighted by atomic mass is 16.4. The molecule has 1 N–H and O–H groups in total. The summed E-state index contributed by atoms with van der Waals surface area (Å²) in [5, 5.41) is 13.5. The Hall–Kier alpha value is -1.91. The zero-order valence-electron chi connectivity index (χ0n) is 11.8. The largest absolute Gasteiger partial charge is 0.481 e. The van der Waals surface area contributed by atoms with Gasteiger partial charge in [0.15, 0.2) is 5.65 Å². The number of fused-ring (bicyclic) bond motifs is 1. The van der Waals surface area contributed by atoms with Crippen LogP contribution in [0.3, 0.4) is 0 Å². The van der Waals surface area contributed by atoms with Crippen molar-refractivity contribution in [3.05, 3.63) is 28.7 Å². The van der Waals surface area contributed by atoms with Gasteiger partial charge in [0, 0.05) is 17.5 Å². The molecule has 0 aliphatic rings. The number of nitrogens with zero attached hydrogens (tertiary/aromatic N) is 3. The van der Waals surface area contributed by atoms with Gasteiger partial charge >= 0.3 is 5.97 Å². The van der Waals surface area contributed by atoms with E-state index in [1.165, 1.54) is 0 Å². The zero-order chi connectivity index (χ0) is 14.2. The molecule has 0 saturated carbocycles. The topological polar surface area (TPSA) is 67.5 Å². The van der Waals surface area contributed by atoms with Crippen molar-refractivity contribution in [3.63, 3.8) is 0 Å². The van der Waals surface area contributed by atoms with E-state index in [4.69, 9.17) is 5.11 Å². The fraction of sp³-hybridized carbons (Fsp3) is 0.500. The van der Waals surface area contributed by atoms with Gasteiger partial charge in [0.25, 0.3) is 0 Å². The van der Waals surface area contributed by atoms with Gasteiger partial charge in [0.2, 0.25) is 0 Å². The molecule has 1 atom stereocenters. The monoisotopic (exact) mass is 261 g/mol. The first-order chi connectivity index (χ1) is 8.93. The average Bonchev–Trinajstić information content (AvgIpc) is 2.77. The summed E-state index contributed by atoms with van der Waals surface area (Å²) in [5.41, 5.74) is 4.68. The lowest BCUT2D eigenvalue weighted by molar-refractivity contribution is -0.141. The number of carbonyl (C=O) groups is 1. The lowest BCUT2D eigenvalue weighted by atomic mass is 9.99. The highest BCUT2D eigenvalue weighted by Gasteiger charge is 2.17. The van der Waals surface area contributed by atoms with E-state index in [1.807, 2.05) is 24.4 Å². The maximum atomic E-state index is 11.0. The van der Waals surface area contributed by atoms with Gasteiger partial charge < -0.3 is 5.11 Å². The van der Waals surface area contributed by atoms with E-state index in [1.54, 1.807) is 6.92 Å². The number of aliphatic carboxylic acids is 1. The Labute approximate surface area is 112 Å². The molecule has 0 fully saturated rings. The van der Waals surface area contributed by atoms with Gasteiger partial charge in [-0.15, -0.1) is 0 Å². The second kappa shape index (κ2) is 4.99. The Morgan fingerprint density at radius 2 is 2.16 bits per heavy atom. The van der Waals surface area contributed by atoms with Gasteiger partial charge in [0.05, 0.1) is 11.6 Å². The van der Waals surface area contributed by atoms with Gasteiger partial charge in [0.1, 0.15) is 0 Å². The molecule has 0 aliphatic heterocycles. The molecule has 2 aromatic heterocycles. The van der Waals surface area contributed by atoms with Gasteiger partial charge in [-0.3, -0.25) is 4.79 Å². The van der Waals surface area contributed by atoms with E-state index in [9.17, 15) is 4.79 Å². The van der Waals surface area contributed by atoms with Crippen molar-refractivity contribution in [2.75, 3.05) is 0 Å². The third kappa shape index (κ3) is 2.45. The highest BCUT2D eigenvalue weighted by molar-refractivity contribution is 5.70. The van der Waals surface area contributed by atoms with E-state index < -0.39 is 11.9 Å².